The van der Waals surface area contributed by atoms with E-state index in [2.05, 4.69) is 15.3 Å². The van der Waals surface area contributed by atoms with Gasteiger partial charge in [-0.15, -0.1) is 0 Å². The van der Waals surface area contributed by atoms with Gasteiger partial charge in [-0.2, -0.15) is 0 Å². The summed E-state index contributed by atoms with van der Waals surface area (Å²) in [6.45, 7) is 6.44. The van der Waals surface area contributed by atoms with Crippen LogP contribution in [0.3, 0.4) is 0 Å². The zero-order valence-corrected chi connectivity index (χ0v) is 15.9. The first-order valence-electron chi connectivity index (χ1n) is 9.17. The number of carbonyl (C=O) groups is 1. The molecule has 1 amide bonds. The Hall–Kier alpha value is -3.02. The first kappa shape index (κ1) is 18.8. The Bertz CT molecular complexity index is 871. The fourth-order valence-corrected chi connectivity index (χ4v) is 2.87. The average Bonchev–Trinajstić information content (AvgIpc) is 3.09. The predicted octanol–water partition coefficient (Wildman–Crippen LogP) is 3.85. The summed E-state index contributed by atoms with van der Waals surface area (Å²) in [6.07, 6.45) is 0. The molecule has 0 fully saturated rings. The lowest BCUT2D eigenvalue weighted by molar-refractivity contribution is -0.124. The van der Waals surface area contributed by atoms with Gasteiger partial charge < -0.3 is 19.8 Å². The summed E-state index contributed by atoms with van der Waals surface area (Å²) in [7, 11) is 0. The summed E-state index contributed by atoms with van der Waals surface area (Å²) in [5, 5.41) is 3.02. The van der Waals surface area contributed by atoms with Crippen LogP contribution in [0.2, 0.25) is 0 Å². The minimum Gasteiger partial charge on any atom is -0.490 e. The lowest BCUT2D eigenvalue weighted by atomic mass is 10.0. The molecule has 0 saturated heterocycles. The Morgan fingerprint density at radius 3 is 2.41 bits per heavy atom. The van der Waals surface area contributed by atoms with Crippen molar-refractivity contribution in [2.24, 2.45) is 5.92 Å². The van der Waals surface area contributed by atoms with Gasteiger partial charge in [0.15, 0.2) is 18.1 Å². The van der Waals surface area contributed by atoms with Crippen molar-refractivity contribution in [1.82, 2.24) is 15.3 Å². The number of imidazole rings is 1. The van der Waals surface area contributed by atoms with Gasteiger partial charge in [0.1, 0.15) is 5.82 Å². The molecule has 1 aromatic heterocycles. The van der Waals surface area contributed by atoms with E-state index in [1.165, 1.54) is 0 Å². The molecule has 0 spiro atoms. The van der Waals surface area contributed by atoms with Gasteiger partial charge in [-0.05, 0) is 37.1 Å². The number of nitrogens with zero attached hydrogens (tertiary/aromatic N) is 1. The molecule has 3 rings (SSSR count). The number of hydrogen-bond acceptors (Lipinski definition) is 4. The summed E-state index contributed by atoms with van der Waals surface area (Å²) >= 11 is 0. The minimum absolute atomic E-state index is 0.0897. The summed E-state index contributed by atoms with van der Waals surface area (Å²) < 4.78 is 11.2. The summed E-state index contributed by atoms with van der Waals surface area (Å²) in [5.41, 5.74) is 1.84. The quantitative estimate of drug-likeness (QED) is 0.634. The van der Waals surface area contributed by atoms with Crippen LogP contribution in [0.5, 0.6) is 11.5 Å². The number of hydrogen-bond donors (Lipinski definition) is 2. The summed E-state index contributed by atoms with van der Waals surface area (Å²) in [5.74, 6) is 1.89. The molecule has 2 aromatic carbocycles. The molecular formula is C21H25N3O3. The van der Waals surface area contributed by atoms with E-state index < -0.39 is 0 Å². The van der Waals surface area contributed by atoms with E-state index in [9.17, 15) is 4.79 Å². The van der Waals surface area contributed by atoms with Gasteiger partial charge in [-0.3, -0.25) is 4.79 Å². The first-order valence-corrected chi connectivity index (χ1v) is 9.17. The van der Waals surface area contributed by atoms with Crippen molar-refractivity contribution in [3.05, 3.63) is 54.4 Å². The van der Waals surface area contributed by atoms with Gasteiger partial charge >= 0.3 is 0 Å². The molecule has 0 aliphatic carbocycles. The van der Waals surface area contributed by atoms with Gasteiger partial charge in [0.2, 0.25) is 0 Å². The Morgan fingerprint density at radius 1 is 1.07 bits per heavy atom. The molecule has 3 aromatic rings. The summed E-state index contributed by atoms with van der Waals surface area (Å²) in [4.78, 5) is 20.4. The van der Waals surface area contributed by atoms with Crippen LogP contribution in [0.1, 0.15) is 32.6 Å². The van der Waals surface area contributed by atoms with Crippen LogP contribution in [-0.4, -0.2) is 29.1 Å². The van der Waals surface area contributed by atoms with E-state index in [1.54, 1.807) is 6.07 Å². The van der Waals surface area contributed by atoms with Gasteiger partial charge in [0.05, 0.1) is 23.7 Å². The normalized spacial score (nSPS) is 12.1. The fourth-order valence-electron chi connectivity index (χ4n) is 2.87. The smallest absolute Gasteiger partial charge is 0.258 e. The number of ether oxygens (including phenoxy) is 2. The standard InChI is InChI=1S/C21H25N3O3/c1-4-26-17-11-7-8-12-18(17)27-13-19(25)24-20(14(2)3)21-22-15-9-5-6-10-16(15)23-21/h5-12,14,20H,4,13H2,1-3H3,(H,22,23)(H,24,25)/t20-/m1/s1. The van der Waals surface area contributed by atoms with E-state index in [-0.39, 0.29) is 24.5 Å². The molecular weight excluding hydrogens is 342 g/mol. The monoisotopic (exact) mass is 367 g/mol. The van der Waals surface area contributed by atoms with Crippen molar-refractivity contribution >= 4 is 16.9 Å². The third-order valence-electron chi connectivity index (χ3n) is 4.19. The molecule has 0 aliphatic heterocycles. The molecule has 1 heterocycles. The van der Waals surface area contributed by atoms with Gasteiger partial charge in [-0.1, -0.05) is 38.1 Å². The molecule has 6 heteroatoms. The Kier molecular flexibility index (Phi) is 5.96. The van der Waals surface area contributed by atoms with Crippen LogP contribution >= 0.6 is 0 Å². The molecule has 27 heavy (non-hydrogen) atoms. The van der Waals surface area contributed by atoms with E-state index in [0.717, 1.165) is 16.9 Å². The Balaban J connectivity index is 1.67. The van der Waals surface area contributed by atoms with E-state index in [0.29, 0.717) is 18.1 Å². The maximum absolute atomic E-state index is 12.5. The molecule has 0 unspecified atom stereocenters. The number of aromatic nitrogens is 2. The third kappa shape index (κ3) is 4.58. The number of aromatic amines is 1. The first-order chi connectivity index (χ1) is 13.1. The zero-order chi connectivity index (χ0) is 19.2. The number of H-pyrrole nitrogens is 1. The Morgan fingerprint density at radius 2 is 1.74 bits per heavy atom. The van der Waals surface area contributed by atoms with Crippen molar-refractivity contribution in [1.29, 1.82) is 0 Å². The van der Waals surface area contributed by atoms with Crippen molar-refractivity contribution in [2.45, 2.75) is 26.8 Å². The van der Waals surface area contributed by atoms with Crippen LogP contribution in [0, 0.1) is 5.92 Å². The molecule has 0 saturated carbocycles. The number of para-hydroxylation sites is 4. The molecule has 1 atom stereocenters. The average molecular weight is 367 g/mol. The van der Waals surface area contributed by atoms with Crippen molar-refractivity contribution in [3.63, 3.8) is 0 Å². The topological polar surface area (TPSA) is 76.2 Å². The molecule has 0 radical (unpaired) electrons. The van der Waals surface area contributed by atoms with Crippen molar-refractivity contribution in [2.75, 3.05) is 13.2 Å². The molecule has 2 N–H and O–H groups in total. The van der Waals surface area contributed by atoms with E-state index >= 15 is 0 Å². The molecule has 142 valence electrons. The van der Waals surface area contributed by atoms with Crippen LogP contribution < -0.4 is 14.8 Å². The molecule has 6 nitrogen and oxygen atoms in total. The maximum atomic E-state index is 12.5. The predicted molar refractivity (Wildman–Crippen MR) is 105 cm³/mol. The van der Waals surface area contributed by atoms with Gasteiger partial charge in [0.25, 0.3) is 5.91 Å². The highest BCUT2D eigenvalue weighted by Crippen LogP contribution is 2.26. The second kappa shape index (κ2) is 8.58. The lowest BCUT2D eigenvalue weighted by Gasteiger charge is -2.20. The number of carbonyl (C=O) groups excluding carboxylic acids is 1. The van der Waals surface area contributed by atoms with Crippen LogP contribution in [0.25, 0.3) is 11.0 Å². The van der Waals surface area contributed by atoms with Crippen molar-refractivity contribution < 1.29 is 14.3 Å². The highest BCUT2D eigenvalue weighted by Gasteiger charge is 2.22. The Labute approximate surface area is 158 Å². The van der Waals surface area contributed by atoms with Gasteiger partial charge in [0, 0.05) is 0 Å². The second-order valence-electron chi connectivity index (χ2n) is 6.60. The second-order valence-corrected chi connectivity index (χ2v) is 6.60. The largest absolute Gasteiger partial charge is 0.490 e. The zero-order valence-electron chi connectivity index (χ0n) is 15.9. The lowest BCUT2D eigenvalue weighted by Crippen LogP contribution is -2.35. The number of nitrogens with one attached hydrogen (secondary N) is 2. The van der Waals surface area contributed by atoms with Crippen LogP contribution in [0.4, 0.5) is 0 Å². The number of fused-ring (bicyclic) bond motifs is 1. The van der Waals surface area contributed by atoms with Crippen LogP contribution in [-0.2, 0) is 4.79 Å². The van der Waals surface area contributed by atoms with Crippen molar-refractivity contribution in [3.8, 4) is 11.5 Å². The summed E-state index contributed by atoms with van der Waals surface area (Å²) in [6, 6.07) is 14.9. The third-order valence-corrected chi connectivity index (χ3v) is 4.19. The SMILES string of the molecule is CCOc1ccccc1OCC(=O)N[C@@H](c1nc2ccccc2[nH]1)C(C)C. The minimum atomic E-state index is -0.226. The number of benzene rings is 2. The van der Waals surface area contributed by atoms with Gasteiger partial charge in [-0.25, -0.2) is 4.98 Å². The van der Waals surface area contributed by atoms with E-state index in [1.807, 2.05) is 63.2 Å². The highest BCUT2D eigenvalue weighted by molar-refractivity contribution is 5.79. The molecule has 0 bridgehead atoms. The van der Waals surface area contributed by atoms with Crippen LogP contribution in [0.15, 0.2) is 48.5 Å². The highest BCUT2D eigenvalue weighted by atomic mass is 16.5. The maximum Gasteiger partial charge on any atom is 0.258 e. The molecule has 0 aliphatic rings. The number of rotatable bonds is 8. The fraction of sp³-hybridized carbons (Fsp3) is 0.333. The number of amides is 1. The van der Waals surface area contributed by atoms with E-state index in [4.69, 9.17) is 9.47 Å².